The third-order valence-electron chi connectivity index (χ3n) is 5.23. The summed E-state index contributed by atoms with van der Waals surface area (Å²) in [5.74, 6) is 0.664. The number of aryl methyl sites for hydroxylation is 2. The van der Waals surface area contributed by atoms with E-state index in [1.807, 2.05) is 0 Å². The molecule has 0 radical (unpaired) electrons. The maximum absolute atomic E-state index is 11.5. The van der Waals surface area contributed by atoms with Gasteiger partial charge in [0.2, 0.25) is 5.91 Å². The average Bonchev–Trinajstić information content (AvgIpc) is 3.20. The van der Waals surface area contributed by atoms with E-state index in [0.717, 1.165) is 5.56 Å². The number of rotatable bonds is 7. The Hall–Kier alpha value is -2.48. The normalized spacial score (nSPS) is 25.0. The Balaban J connectivity index is 1.41. The second-order valence-corrected chi connectivity index (χ2v) is 7.19. The van der Waals surface area contributed by atoms with E-state index >= 15 is 0 Å². The molecule has 28 heavy (non-hydrogen) atoms. The number of carbonyl (C=O) groups is 1. The second kappa shape index (κ2) is 8.68. The predicted octanol–water partition coefficient (Wildman–Crippen LogP) is 2.44. The quantitative estimate of drug-likeness (QED) is 0.754. The molecular formula is C20H27N5O3. The fourth-order valence-electron chi connectivity index (χ4n) is 3.68. The van der Waals surface area contributed by atoms with E-state index in [2.05, 4.69) is 20.8 Å². The largest absolute Gasteiger partial charge is 0.494 e. The minimum Gasteiger partial charge on any atom is -0.494 e. The summed E-state index contributed by atoms with van der Waals surface area (Å²) in [5.41, 5.74) is 1.62. The highest BCUT2D eigenvalue weighted by Crippen LogP contribution is 2.29. The van der Waals surface area contributed by atoms with Crippen molar-refractivity contribution in [2.24, 2.45) is 0 Å². The van der Waals surface area contributed by atoms with Crippen LogP contribution in [0.5, 0.6) is 5.75 Å². The number of ether oxygens (including phenoxy) is 1. The second-order valence-electron chi connectivity index (χ2n) is 7.19. The molecule has 150 valence electrons. The molecule has 1 aromatic carbocycles. The minimum absolute atomic E-state index is 0.0303. The molecule has 1 aromatic heterocycles. The van der Waals surface area contributed by atoms with Crippen molar-refractivity contribution in [2.45, 2.75) is 69.8 Å². The number of aliphatic hydroxyl groups excluding tert-OH is 1. The van der Waals surface area contributed by atoms with E-state index in [-0.39, 0.29) is 30.3 Å². The van der Waals surface area contributed by atoms with Crippen LogP contribution in [0, 0.1) is 0 Å². The molecule has 0 bridgehead atoms. The number of hydrogen-bond acceptors (Lipinski definition) is 6. The number of amides is 1. The Morgan fingerprint density at radius 1 is 1.25 bits per heavy atom. The maximum Gasteiger partial charge on any atom is 0.224 e. The first kappa shape index (κ1) is 14.5. The third kappa shape index (κ3) is 4.49. The summed E-state index contributed by atoms with van der Waals surface area (Å²) in [7, 11) is 0. The number of nitrogens with one attached hydrogen (secondary N) is 1. The Morgan fingerprint density at radius 2 is 2.11 bits per heavy atom. The number of aliphatic hydroxyl groups is 1. The fraction of sp³-hybridized carbons (Fsp3) is 0.600. The molecule has 8 heteroatoms. The molecule has 2 heterocycles. The molecule has 2 N–H and O–H groups in total. The van der Waals surface area contributed by atoms with Gasteiger partial charge >= 0.3 is 0 Å². The van der Waals surface area contributed by atoms with E-state index in [4.69, 9.17) is 10.2 Å². The van der Waals surface area contributed by atoms with E-state index in [1.54, 1.807) is 22.9 Å². The summed E-state index contributed by atoms with van der Waals surface area (Å²) in [5, 5.41) is 24.1. The van der Waals surface area contributed by atoms with Crippen molar-refractivity contribution in [2.75, 3.05) is 11.9 Å². The summed E-state index contributed by atoms with van der Waals surface area (Å²) < 4.78 is 40.7. The van der Waals surface area contributed by atoms with Gasteiger partial charge in [-0.3, -0.25) is 4.79 Å². The number of aromatic nitrogens is 4. The number of hydrogen-bond donors (Lipinski definition) is 2. The van der Waals surface area contributed by atoms with Gasteiger partial charge in [-0.25, -0.2) is 4.68 Å². The van der Waals surface area contributed by atoms with Crippen molar-refractivity contribution in [3.8, 4) is 5.75 Å². The van der Waals surface area contributed by atoms with E-state index in [9.17, 15) is 9.90 Å². The number of nitrogens with zero attached hydrogens (tertiary/aromatic N) is 4. The zero-order valence-corrected chi connectivity index (χ0v) is 15.6. The fourth-order valence-corrected chi connectivity index (χ4v) is 3.68. The summed E-state index contributed by atoms with van der Waals surface area (Å²) in [6.07, 6.45) is -1.61. The van der Waals surface area contributed by atoms with Crippen LogP contribution >= 0.6 is 0 Å². The van der Waals surface area contributed by atoms with Gasteiger partial charge in [0.15, 0.2) is 5.82 Å². The molecule has 4 rings (SSSR count). The number of carbonyl (C=O) groups excluding carboxylic acids is 1. The van der Waals surface area contributed by atoms with Crippen LogP contribution in [0.3, 0.4) is 0 Å². The van der Waals surface area contributed by atoms with Gasteiger partial charge in [0.1, 0.15) is 5.75 Å². The third-order valence-corrected chi connectivity index (χ3v) is 5.23. The highest BCUT2D eigenvalue weighted by molar-refractivity contribution is 5.93. The Bertz CT molecular complexity index is 976. The minimum atomic E-state index is -2.31. The highest BCUT2D eigenvalue weighted by atomic mass is 16.5. The van der Waals surface area contributed by atoms with Gasteiger partial charge in [-0.1, -0.05) is 0 Å². The molecule has 0 saturated heterocycles. The average molecular weight is 389 g/mol. The van der Waals surface area contributed by atoms with Crippen LogP contribution in [-0.4, -0.2) is 43.9 Å². The molecule has 0 atom stereocenters. The molecule has 1 fully saturated rings. The molecule has 2 aliphatic rings. The van der Waals surface area contributed by atoms with Crippen LogP contribution in [0.1, 0.15) is 67.8 Å². The van der Waals surface area contributed by atoms with Gasteiger partial charge in [0, 0.05) is 24.0 Å². The lowest BCUT2D eigenvalue weighted by Gasteiger charge is -2.25. The van der Waals surface area contributed by atoms with Gasteiger partial charge in [-0.05, 0) is 79.0 Å². The van der Waals surface area contributed by atoms with Crippen molar-refractivity contribution in [3.05, 3.63) is 29.6 Å². The summed E-state index contributed by atoms with van der Waals surface area (Å²) in [6.45, 7) is -0.484. The molecular weight excluding hydrogens is 358 g/mol. The van der Waals surface area contributed by atoms with Crippen molar-refractivity contribution in [3.63, 3.8) is 0 Å². The molecule has 2 aromatic rings. The number of tetrazole rings is 1. The summed E-state index contributed by atoms with van der Waals surface area (Å²) >= 11 is 0. The molecule has 1 aliphatic heterocycles. The lowest BCUT2D eigenvalue weighted by Crippen LogP contribution is -2.23. The van der Waals surface area contributed by atoms with Crippen LogP contribution in [0.4, 0.5) is 5.69 Å². The van der Waals surface area contributed by atoms with E-state index in [0.29, 0.717) is 50.0 Å². The summed E-state index contributed by atoms with van der Waals surface area (Å²) in [4.78, 5) is 11.5. The van der Waals surface area contributed by atoms with Crippen LogP contribution < -0.4 is 10.1 Å². The smallest absolute Gasteiger partial charge is 0.224 e. The van der Waals surface area contributed by atoms with E-state index < -0.39 is 19.4 Å². The number of benzene rings is 1. The predicted molar refractivity (Wildman–Crippen MR) is 103 cm³/mol. The van der Waals surface area contributed by atoms with Crippen molar-refractivity contribution < 1.29 is 20.1 Å². The Kier molecular flexibility index (Phi) is 4.50. The number of anilines is 1. The van der Waals surface area contributed by atoms with Crippen LogP contribution in [0.15, 0.2) is 18.2 Å². The van der Waals surface area contributed by atoms with Gasteiger partial charge in [-0.2, -0.15) is 0 Å². The Labute approximate surface area is 169 Å². The molecule has 1 saturated carbocycles. The van der Waals surface area contributed by atoms with E-state index in [1.165, 1.54) is 0 Å². The lowest BCUT2D eigenvalue weighted by molar-refractivity contribution is -0.116. The molecule has 8 nitrogen and oxygen atoms in total. The zero-order chi connectivity index (χ0) is 22.9. The Morgan fingerprint density at radius 3 is 2.96 bits per heavy atom. The van der Waals surface area contributed by atoms with Crippen molar-refractivity contribution >= 4 is 11.6 Å². The first-order chi connectivity index (χ1) is 15.1. The topological polar surface area (TPSA) is 102 Å². The van der Waals surface area contributed by atoms with Gasteiger partial charge < -0.3 is 15.2 Å². The molecule has 0 spiro atoms. The molecule has 1 amide bonds. The summed E-state index contributed by atoms with van der Waals surface area (Å²) in [6, 6.07) is 5.06. The van der Waals surface area contributed by atoms with Crippen LogP contribution in [-0.2, 0) is 17.6 Å². The zero-order valence-electron chi connectivity index (χ0n) is 19.6. The standard InChI is InChI=1S/C20H27N5O3/c26-16-7-5-15(6-8-16)25-19(22-23-24-25)3-1-2-12-28-17-9-10-18-14(13-17)4-11-20(27)21-18/h9-10,13,15-16,26H,1-8,11-12H2,(H,21,27)/i1D2,2D2. The van der Waals surface area contributed by atoms with Gasteiger partial charge in [-0.15, -0.1) is 5.10 Å². The van der Waals surface area contributed by atoms with Gasteiger partial charge in [0.25, 0.3) is 0 Å². The lowest BCUT2D eigenvalue weighted by atomic mass is 9.93. The van der Waals surface area contributed by atoms with Crippen molar-refractivity contribution in [1.82, 2.24) is 20.2 Å². The van der Waals surface area contributed by atoms with Crippen molar-refractivity contribution in [1.29, 1.82) is 0 Å². The van der Waals surface area contributed by atoms with Crippen LogP contribution in [0.25, 0.3) is 0 Å². The molecule has 1 aliphatic carbocycles. The highest BCUT2D eigenvalue weighted by Gasteiger charge is 2.23. The molecule has 0 unspecified atom stereocenters. The monoisotopic (exact) mass is 389 g/mol. The number of fused-ring (bicyclic) bond motifs is 1. The first-order valence-electron chi connectivity index (χ1n) is 11.6. The van der Waals surface area contributed by atoms with Crippen LogP contribution in [0.2, 0.25) is 0 Å². The van der Waals surface area contributed by atoms with Gasteiger partial charge in [0.05, 0.1) is 18.8 Å². The first-order valence-corrected chi connectivity index (χ1v) is 9.65. The maximum atomic E-state index is 11.5. The SMILES string of the molecule is [2H]C([2H])(COc1ccc2c(c1)CCC(=O)N2)C([2H])([2H])Cc1nnnn1C1CCC(O)CC1.